The highest BCUT2D eigenvalue weighted by Crippen LogP contribution is 2.46. The lowest BCUT2D eigenvalue weighted by atomic mass is 9.76. The summed E-state index contributed by atoms with van der Waals surface area (Å²) in [5.41, 5.74) is -1.22. The van der Waals surface area contributed by atoms with E-state index in [9.17, 15) is 22.0 Å². The molecule has 2 N–H and O–H groups in total. The zero-order valence-electron chi connectivity index (χ0n) is 12.6. The average molecular weight is 349 g/mol. The Morgan fingerprint density at radius 1 is 1.39 bits per heavy atom. The van der Waals surface area contributed by atoms with Crippen LogP contribution in [0, 0.1) is 0 Å². The fourth-order valence-electron chi connectivity index (χ4n) is 2.79. The van der Waals surface area contributed by atoms with E-state index in [1.54, 1.807) is 0 Å². The SMILES string of the molecule is COc1ccc(S(=O)(=O)NC2(C)CC(F)(F)C2)c(CC(=O)O)c1. The lowest BCUT2D eigenvalue weighted by Crippen LogP contribution is -2.60. The minimum atomic E-state index is -4.13. The molecule has 6 nitrogen and oxygen atoms in total. The highest BCUT2D eigenvalue weighted by molar-refractivity contribution is 7.89. The van der Waals surface area contributed by atoms with Gasteiger partial charge in [-0.3, -0.25) is 4.79 Å². The zero-order valence-corrected chi connectivity index (χ0v) is 13.4. The third-order valence-electron chi connectivity index (χ3n) is 3.58. The Kier molecular flexibility index (Phi) is 4.38. The van der Waals surface area contributed by atoms with Crippen molar-refractivity contribution in [2.45, 2.75) is 42.5 Å². The lowest BCUT2D eigenvalue weighted by Gasteiger charge is -2.44. The second kappa shape index (κ2) is 5.72. The summed E-state index contributed by atoms with van der Waals surface area (Å²) in [6.45, 7) is 1.39. The number of halogens is 2. The molecule has 0 radical (unpaired) electrons. The topological polar surface area (TPSA) is 92.7 Å². The molecule has 0 amide bonds. The first-order valence-electron chi connectivity index (χ1n) is 6.77. The van der Waals surface area contributed by atoms with Gasteiger partial charge in [0.15, 0.2) is 0 Å². The van der Waals surface area contributed by atoms with E-state index in [1.165, 1.54) is 32.2 Å². The molecule has 1 aliphatic rings. The summed E-state index contributed by atoms with van der Waals surface area (Å²) in [5, 5.41) is 8.92. The van der Waals surface area contributed by atoms with Crippen molar-refractivity contribution in [2.24, 2.45) is 0 Å². The molecule has 128 valence electrons. The van der Waals surface area contributed by atoms with Crippen molar-refractivity contribution in [3.63, 3.8) is 0 Å². The number of carbonyl (C=O) groups is 1. The third kappa shape index (κ3) is 3.97. The van der Waals surface area contributed by atoms with Gasteiger partial charge in [-0.1, -0.05) is 0 Å². The monoisotopic (exact) mass is 349 g/mol. The highest BCUT2D eigenvalue weighted by atomic mass is 32.2. The zero-order chi connectivity index (χ0) is 17.5. The molecule has 0 bridgehead atoms. The molecule has 2 rings (SSSR count). The number of methoxy groups -OCH3 is 1. The summed E-state index contributed by atoms with van der Waals surface area (Å²) in [6.07, 6.45) is -1.71. The molecule has 1 aromatic carbocycles. The number of carboxylic acids is 1. The minimum Gasteiger partial charge on any atom is -0.497 e. The number of rotatable bonds is 6. The van der Waals surface area contributed by atoms with Gasteiger partial charge in [0.25, 0.3) is 5.92 Å². The smallest absolute Gasteiger partial charge is 0.307 e. The van der Waals surface area contributed by atoms with Crippen LogP contribution in [0.4, 0.5) is 8.78 Å². The van der Waals surface area contributed by atoms with Gasteiger partial charge in [0.05, 0.1) is 18.4 Å². The molecule has 0 saturated heterocycles. The number of aliphatic carboxylic acids is 1. The van der Waals surface area contributed by atoms with E-state index in [0.717, 1.165) is 0 Å². The average Bonchev–Trinajstić information content (AvgIpc) is 2.33. The molecule has 0 heterocycles. The molecule has 0 aliphatic heterocycles. The van der Waals surface area contributed by atoms with Gasteiger partial charge in [0.1, 0.15) is 5.75 Å². The second-order valence-electron chi connectivity index (χ2n) is 5.92. The summed E-state index contributed by atoms with van der Waals surface area (Å²) in [5.74, 6) is -3.79. The van der Waals surface area contributed by atoms with Crippen LogP contribution in [0.25, 0.3) is 0 Å². The molecular formula is C14H17F2NO5S. The van der Waals surface area contributed by atoms with Gasteiger partial charge in [-0.25, -0.2) is 21.9 Å². The van der Waals surface area contributed by atoms with E-state index in [4.69, 9.17) is 9.84 Å². The Labute approximate surface area is 132 Å². The first kappa shape index (κ1) is 17.6. The molecule has 1 saturated carbocycles. The van der Waals surface area contributed by atoms with Crippen LogP contribution >= 0.6 is 0 Å². The normalized spacial score (nSPS) is 19.0. The number of hydrogen-bond donors (Lipinski definition) is 2. The van der Waals surface area contributed by atoms with E-state index >= 15 is 0 Å². The quantitative estimate of drug-likeness (QED) is 0.817. The van der Waals surface area contributed by atoms with Gasteiger partial charge in [0.2, 0.25) is 10.0 Å². The van der Waals surface area contributed by atoms with Crippen LogP contribution in [0.1, 0.15) is 25.3 Å². The maximum absolute atomic E-state index is 13.0. The standard InChI is InChI=1S/C14H17F2NO5S/c1-13(7-14(15,16)8-13)17-23(20,21)11-4-3-10(22-2)5-9(11)6-12(18)19/h3-5,17H,6-8H2,1-2H3,(H,18,19). The van der Waals surface area contributed by atoms with Gasteiger partial charge >= 0.3 is 5.97 Å². The Morgan fingerprint density at radius 3 is 2.48 bits per heavy atom. The first-order valence-corrected chi connectivity index (χ1v) is 8.25. The Morgan fingerprint density at radius 2 is 2.00 bits per heavy atom. The fraction of sp³-hybridized carbons (Fsp3) is 0.500. The van der Waals surface area contributed by atoms with Crippen molar-refractivity contribution in [2.75, 3.05) is 7.11 Å². The molecule has 0 aromatic heterocycles. The molecule has 0 spiro atoms. The molecule has 1 aromatic rings. The number of nitrogens with one attached hydrogen (secondary N) is 1. The predicted octanol–water partition coefficient (Wildman–Crippen LogP) is 1.79. The third-order valence-corrected chi connectivity index (χ3v) is 5.32. The van der Waals surface area contributed by atoms with Crippen molar-refractivity contribution >= 4 is 16.0 Å². The van der Waals surface area contributed by atoms with Crippen molar-refractivity contribution in [1.29, 1.82) is 0 Å². The van der Waals surface area contributed by atoms with E-state index in [1.807, 2.05) is 0 Å². The number of hydrogen-bond acceptors (Lipinski definition) is 4. The maximum Gasteiger partial charge on any atom is 0.307 e. The molecule has 9 heteroatoms. The lowest BCUT2D eigenvalue weighted by molar-refractivity contribution is -0.136. The van der Waals surface area contributed by atoms with Crippen molar-refractivity contribution in [3.05, 3.63) is 23.8 Å². The Balaban J connectivity index is 2.34. The van der Waals surface area contributed by atoms with Crippen LogP contribution in [0.3, 0.4) is 0 Å². The Bertz CT molecular complexity index is 725. The number of ether oxygens (including phenoxy) is 1. The largest absolute Gasteiger partial charge is 0.497 e. The summed E-state index contributed by atoms with van der Waals surface area (Å²) in [4.78, 5) is 10.7. The van der Waals surface area contributed by atoms with Gasteiger partial charge in [0, 0.05) is 18.4 Å². The summed E-state index contributed by atoms with van der Waals surface area (Å²) in [6, 6.07) is 3.89. The van der Waals surface area contributed by atoms with Crippen LogP contribution in [0.5, 0.6) is 5.75 Å². The van der Waals surface area contributed by atoms with E-state index in [2.05, 4.69) is 4.72 Å². The molecule has 0 unspecified atom stereocenters. The fourth-order valence-corrected chi connectivity index (χ4v) is 4.41. The van der Waals surface area contributed by atoms with Crippen LogP contribution in [0.2, 0.25) is 0 Å². The van der Waals surface area contributed by atoms with Crippen LogP contribution in [-0.4, -0.2) is 38.1 Å². The van der Waals surface area contributed by atoms with Gasteiger partial charge in [-0.05, 0) is 30.7 Å². The molecular weight excluding hydrogens is 332 g/mol. The first-order chi connectivity index (χ1) is 10.5. The molecule has 1 aliphatic carbocycles. The highest BCUT2D eigenvalue weighted by Gasteiger charge is 2.55. The van der Waals surface area contributed by atoms with Crippen LogP contribution < -0.4 is 9.46 Å². The molecule has 23 heavy (non-hydrogen) atoms. The van der Waals surface area contributed by atoms with Crippen molar-refractivity contribution in [3.8, 4) is 5.75 Å². The van der Waals surface area contributed by atoms with Gasteiger partial charge < -0.3 is 9.84 Å². The van der Waals surface area contributed by atoms with Crippen molar-refractivity contribution < 1.29 is 31.8 Å². The summed E-state index contributed by atoms with van der Waals surface area (Å²) in [7, 11) is -2.77. The van der Waals surface area contributed by atoms with Crippen molar-refractivity contribution in [1.82, 2.24) is 4.72 Å². The second-order valence-corrected chi connectivity index (χ2v) is 7.57. The summed E-state index contributed by atoms with van der Waals surface area (Å²) < 4.78 is 58.2. The minimum absolute atomic E-state index is 0.0269. The number of benzene rings is 1. The van der Waals surface area contributed by atoms with Gasteiger partial charge in [-0.2, -0.15) is 0 Å². The maximum atomic E-state index is 13.0. The van der Waals surface area contributed by atoms with Crippen LogP contribution in [0.15, 0.2) is 23.1 Å². The summed E-state index contributed by atoms with van der Waals surface area (Å²) >= 11 is 0. The molecule has 1 fully saturated rings. The molecule has 0 atom stereocenters. The Hall–Kier alpha value is -1.74. The van der Waals surface area contributed by atoms with Gasteiger partial charge in [-0.15, -0.1) is 0 Å². The predicted molar refractivity (Wildman–Crippen MR) is 77.2 cm³/mol. The van der Waals surface area contributed by atoms with E-state index in [-0.39, 0.29) is 10.5 Å². The van der Waals surface area contributed by atoms with E-state index in [0.29, 0.717) is 5.75 Å². The van der Waals surface area contributed by atoms with Crippen LogP contribution in [-0.2, 0) is 21.2 Å². The van der Waals surface area contributed by atoms with E-state index < -0.39 is 46.7 Å². The number of carboxylic acid groups (broad SMARTS) is 1. The number of sulfonamides is 1. The number of alkyl halides is 2.